The van der Waals surface area contributed by atoms with Crippen LogP contribution in [-0.2, 0) is 11.3 Å². The van der Waals surface area contributed by atoms with E-state index < -0.39 is 0 Å². The molecule has 0 fully saturated rings. The second kappa shape index (κ2) is 6.58. The molecule has 0 aliphatic heterocycles. The van der Waals surface area contributed by atoms with E-state index in [4.69, 9.17) is 4.74 Å². The molecule has 0 amide bonds. The fourth-order valence-electron chi connectivity index (χ4n) is 1.82. The Morgan fingerprint density at radius 2 is 2.44 bits per heavy atom. The lowest BCUT2D eigenvalue weighted by molar-refractivity contribution is 0.182. The Labute approximate surface area is 110 Å². The van der Waals surface area contributed by atoms with E-state index in [1.165, 1.54) is 11.5 Å². The summed E-state index contributed by atoms with van der Waals surface area (Å²) in [6, 6.07) is 2.04. The van der Waals surface area contributed by atoms with Gasteiger partial charge in [-0.1, -0.05) is 11.4 Å². The highest BCUT2D eigenvalue weighted by atomic mass is 32.1. The number of methoxy groups -OCH3 is 1. The van der Waals surface area contributed by atoms with E-state index in [2.05, 4.69) is 26.9 Å². The van der Waals surface area contributed by atoms with Gasteiger partial charge in [0.25, 0.3) is 0 Å². The van der Waals surface area contributed by atoms with Crippen LogP contribution >= 0.6 is 11.5 Å². The molecule has 1 atom stereocenters. The first-order valence-corrected chi connectivity index (χ1v) is 6.71. The Balaban J connectivity index is 2.23. The Kier molecular flexibility index (Phi) is 4.80. The molecule has 2 rings (SSSR count). The summed E-state index contributed by atoms with van der Waals surface area (Å²) in [6.45, 7) is 4.31. The molecule has 0 bridgehead atoms. The lowest BCUT2D eigenvalue weighted by atomic mass is 10.1. The van der Waals surface area contributed by atoms with Crippen LogP contribution in [0.2, 0.25) is 0 Å². The maximum Gasteiger partial charge on any atom is 0.0986 e. The molecule has 1 unspecified atom stereocenters. The highest BCUT2D eigenvalue weighted by Gasteiger charge is 2.19. The van der Waals surface area contributed by atoms with Gasteiger partial charge in [-0.05, 0) is 24.1 Å². The number of nitrogens with one attached hydrogen (secondary N) is 1. The molecule has 0 spiro atoms. The monoisotopic (exact) mass is 267 g/mol. The van der Waals surface area contributed by atoms with Crippen LogP contribution in [-0.4, -0.2) is 39.6 Å². The van der Waals surface area contributed by atoms with Crippen molar-refractivity contribution in [3.05, 3.63) is 29.0 Å². The van der Waals surface area contributed by atoms with Crippen LogP contribution in [0.25, 0.3) is 0 Å². The molecule has 2 heterocycles. The molecule has 6 nitrogen and oxygen atoms in total. The number of hydrogen-bond acceptors (Lipinski definition) is 6. The normalized spacial score (nSPS) is 12.8. The van der Waals surface area contributed by atoms with Crippen molar-refractivity contribution in [1.29, 1.82) is 0 Å². The summed E-state index contributed by atoms with van der Waals surface area (Å²) in [5.41, 5.74) is 2.02. The average Bonchev–Trinajstić information content (AvgIpc) is 3.04. The Hall–Kier alpha value is -1.31. The van der Waals surface area contributed by atoms with Crippen LogP contribution in [0, 0.1) is 0 Å². The summed E-state index contributed by atoms with van der Waals surface area (Å²) in [4.78, 5) is 0. The van der Waals surface area contributed by atoms with Crippen LogP contribution in [0.3, 0.4) is 0 Å². The van der Waals surface area contributed by atoms with E-state index in [1.54, 1.807) is 13.3 Å². The number of hydrogen-bond donors (Lipinski definition) is 1. The van der Waals surface area contributed by atoms with Crippen molar-refractivity contribution in [3.8, 4) is 0 Å². The van der Waals surface area contributed by atoms with Gasteiger partial charge in [-0.3, -0.25) is 4.68 Å². The smallest absolute Gasteiger partial charge is 0.0986 e. The first-order chi connectivity index (χ1) is 8.86. The van der Waals surface area contributed by atoms with Gasteiger partial charge in [0, 0.05) is 18.7 Å². The minimum Gasteiger partial charge on any atom is -0.383 e. The molecule has 18 heavy (non-hydrogen) atoms. The van der Waals surface area contributed by atoms with E-state index in [-0.39, 0.29) is 6.04 Å². The standard InChI is InChI=1S/C11H17N5OS/c1-3-12-11(9-8-18-15-14-9)10-4-5-13-16(10)6-7-17-2/h4-5,8,11-12H,3,6-7H2,1-2H3. The predicted molar refractivity (Wildman–Crippen MR) is 69.5 cm³/mol. The molecular formula is C11H17N5OS. The lowest BCUT2D eigenvalue weighted by Crippen LogP contribution is -2.25. The highest BCUT2D eigenvalue weighted by molar-refractivity contribution is 7.03. The molecule has 7 heteroatoms. The molecule has 1 N–H and O–H groups in total. The van der Waals surface area contributed by atoms with Gasteiger partial charge < -0.3 is 10.1 Å². The highest BCUT2D eigenvalue weighted by Crippen LogP contribution is 2.20. The topological polar surface area (TPSA) is 64.9 Å². The minimum absolute atomic E-state index is 0.0353. The number of rotatable bonds is 7. The first-order valence-electron chi connectivity index (χ1n) is 5.87. The number of ether oxygens (including phenoxy) is 1. The van der Waals surface area contributed by atoms with Crippen molar-refractivity contribution < 1.29 is 4.74 Å². The van der Waals surface area contributed by atoms with E-state index >= 15 is 0 Å². The maximum absolute atomic E-state index is 5.09. The number of nitrogens with zero attached hydrogens (tertiary/aromatic N) is 4. The summed E-state index contributed by atoms with van der Waals surface area (Å²) in [7, 11) is 1.69. The molecule has 0 radical (unpaired) electrons. The van der Waals surface area contributed by atoms with Crippen molar-refractivity contribution in [2.45, 2.75) is 19.5 Å². The molecule has 0 aliphatic rings. The average molecular weight is 267 g/mol. The largest absolute Gasteiger partial charge is 0.383 e. The third-order valence-corrected chi connectivity index (χ3v) is 3.16. The van der Waals surface area contributed by atoms with Gasteiger partial charge in [0.05, 0.1) is 30.6 Å². The zero-order valence-corrected chi connectivity index (χ0v) is 11.4. The molecule has 98 valence electrons. The zero-order chi connectivity index (χ0) is 12.8. The molecule has 2 aromatic heterocycles. The van der Waals surface area contributed by atoms with Crippen molar-refractivity contribution >= 4 is 11.5 Å². The summed E-state index contributed by atoms with van der Waals surface area (Å²) in [6.07, 6.45) is 1.80. The van der Waals surface area contributed by atoms with E-state index in [0.717, 1.165) is 24.5 Å². The van der Waals surface area contributed by atoms with Gasteiger partial charge in [0.2, 0.25) is 0 Å². The van der Waals surface area contributed by atoms with Crippen LogP contribution in [0.15, 0.2) is 17.6 Å². The Morgan fingerprint density at radius 3 is 3.11 bits per heavy atom. The Morgan fingerprint density at radius 1 is 1.56 bits per heavy atom. The van der Waals surface area contributed by atoms with E-state index in [1.807, 2.05) is 16.1 Å². The van der Waals surface area contributed by atoms with E-state index in [9.17, 15) is 0 Å². The molecule has 2 aromatic rings. The first kappa shape index (κ1) is 13.1. The second-order valence-electron chi connectivity index (χ2n) is 3.79. The maximum atomic E-state index is 5.09. The summed E-state index contributed by atoms with van der Waals surface area (Å²) < 4.78 is 11.0. The van der Waals surface area contributed by atoms with Crippen molar-refractivity contribution in [1.82, 2.24) is 24.7 Å². The molecule has 0 saturated carbocycles. The van der Waals surface area contributed by atoms with Crippen molar-refractivity contribution in [2.75, 3.05) is 20.3 Å². The fraction of sp³-hybridized carbons (Fsp3) is 0.545. The van der Waals surface area contributed by atoms with Crippen LogP contribution in [0.1, 0.15) is 24.4 Å². The predicted octanol–water partition coefficient (Wildman–Crippen LogP) is 1.08. The summed E-state index contributed by atoms with van der Waals surface area (Å²) >= 11 is 1.36. The van der Waals surface area contributed by atoms with Gasteiger partial charge in [-0.25, -0.2) is 0 Å². The van der Waals surface area contributed by atoms with Crippen LogP contribution < -0.4 is 5.32 Å². The lowest BCUT2D eigenvalue weighted by Gasteiger charge is -2.17. The van der Waals surface area contributed by atoms with Gasteiger partial charge in [-0.2, -0.15) is 5.10 Å². The fourth-order valence-corrected chi connectivity index (χ4v) is 2.29. The van der Waals surface area contributed by atoms with Crippen LogP contribution in [0.4, 0.5) is 0 Å². The molecule has 0 saturated heterocycles. The zero-order valence-electron chi connectivity index (χ0n) is 10.5. The van der Waals surface area contributed by atoms with E-state index in [0.29, 0.717) is 6.61 Å². The van der Waals surface area contributed by atoms with Gasteiger partial charge >= 0.3 is 0 Å². The molecule has 0 aromatic carbocycles. The second-order valence-corrected chi connectivity index (χ2v) is 4.40. The SMILES string of the molecule is CCNC(c1csnn1)c1ccnn1CCOC. The van der Waals surface area contributed by atoms with Crippen molar-refractivity contribution in [2.24, 2.45) is 0 Å². The van der Waals surface area contributed by atoms with Crippen LogP contribution in [0.5, 0.6) is 0 Å². The third kappa shape index (κ3) is 2.92. The van der Waals surface area contributed by atoms with Crippen molar-refractivity contribution in [3.63, 3.8) is 0 Å². The summed E-state index contributed by atoms with van der Waals surface area (Å²) in [5.74, 6) is 0. The molecular weight excluding hydrogens is 250 g/mol. The van der Waals surface area contributed by atoms with Gasteiger partial charge in [0.1, 0.15) is 0 Å². The van der Waals surface area contributed by atoms with Gasteiger partial charge in [0.15, 0.2) is 0 Å². The number of aromatic nitrogens is 4. The quantitative estimate of drug-likeness (QED) is 0.813. The van der Waals surface area contributed by atoms with Gasteiger partial charge in [-0.15, -0.1) is 5.10 Å². The molecule has 0 aliphatic carbocycles. The summed E-state index contributed by atoms with van der Waals surface area (Å²) in [5, 5.41) is 13.8. The Bertz CT molecular complexity index is 456. The third-order valence-electron chi connectivity index (χ3n) is 2.63. The minimum atomic E-state index is 0.0353.